The highest BCUT2D eigenvalue weighted by Gasteiger charge is 2.08. The number of benzene rings is 1. The fourth-order valence-corrected chi connectivity index (χ4v) is 3.88. The van der Waals surface area contributed by atoms with Gasteiger partial charge in [-0.3, -0.25) is 0 Å². The van der Waals surface area contributed by atoms with Crippen molar-refractivity contribution in [2.75, 3.05) is 6.54 Å². The standard InChI is InChI=1S/C21H45N.C8H6O4/c1-21(2,3)19-17-15-13-11-9-7-5-4-6-8-10-12-14-16-18-20-22;9-7(10)5-1-2-6(4-3-5)8(11)12/h4-20,22H2,1-3H3;1-4H,(H,9,10)(H,11,12). The van der Waals surface area contributed by atoms with E-state index in [9.17, 15) is 14.7 Å². The van der Waals surface area contributed by atoms with E-state index in [4.69, 9.17) is 5.11 Å². The van der Waals surface area contributed by atoms with Crippen LogP contribution in [-0.4, -0.2) is 23.6 Å². The van der Waals surface area contributed by atoms with Crippen molar-refractivity contribution in [3.63, 3.8) is 0 Å². The van der Waals surface area contributed by atoms with Gasteiger partial charge in [-0.05, 0) is 42.4 Å². The lowest BCUT2D eigenvalue weighted by atomic mass is 9.89. The van der Waals surface area contributed by atoms with Gasteiger partial charge in [0.15, 0.2) is 0 Å². The van der Waals surface area contributed by atoms with Crippen molar-refractivity contribution in [3.05, 3.63) is 35.4 Å². The molecule has 0 aliphatic carbocycles. The number of carboxylic acid groups (broad SMARTS) is 2. The highest BCUT2D eigenvalue weighted by atomic mass is 16.4. The largest absolute Gasteiger partial charge is 0.545 e. The molecule has 5 heteroatoms. The van der Waals surface area contributed by atoms with Crippen LogP contribution in [0.5, 0.6) is 0 Å². The van der Waals surface area contributed by atoms with Crippen molar-refractivity contribution in [2.45, 2.75) is 124 Å². The molecule has 0 aliphatic heterocycles. The Morgan fingerprint density at radius 2 is 1.00 bits per heavy atom. The predicted octanol–water partition coefficient (Wildman–Crippen LogP) is 6.26. The summed E-state index contributed by atoms with van der Waals surface area (Å²) >= 11 is 0. The SMILES string of the molecule is CC(C)(C)CCCCCCCCCCCCCCCCC[NH3+].O=C([O-])c1ccc(C(=O)O)cc1. The second-order valence-electron chi connectivity index (χ2n) is 10.6. The molecule has 5 nitrogen and oxygen atoms in total. The minimum Gasteiger partial charge on any atom is -0.545 e. The zero-order chi connectivity index (χ0) is 25.7. The van der Waals surface area contributed by atoms with E-state index in [0.717, 1.165) is 6.54 Å². The predicted molar refractivity (Wildman–Crippen MR) is 139 cm³/mol. The van der Waals surface area contributed by atoms with E-state index in [1.165, 1.54) is 127 Å². The first-order chi connectivity index (χ1) is 16.2. The van der Waals surface area contributed by atoms with Crippen molar-refractivity contribution in [2.24, 2.45) is 5.41 Å². The quantitative estimate of drug-likeness (QED) is 0.243. The van der Waals surface area contributed by atoms with Gasteiger partial charge in [0.25, 0.3) is 0 Å². The van der Waals surface area contributed by atoms with Crippen molar-refractivity contribution in [1.82, 2.24) is 0 Å². The Hall–Kier alpha value is -1.88. The summed E-state index contributed by atoms with van der Waals surface area (Å²) in [5.74, 6) is -2.40. The molecule has 4 N–H and O–H groups in total. The summed E-state index contributed by atoms with van der Waals surface area (Å²) in [7, 11) is 0. The van der Waals surface area contributed by atoms with Crippen LogP contribution in [0.25, 0.3) is 0 Å². The number of rotatable bonds is 18. The number of unbranched alkanes of at least 4 members (excludes halogenated alkanes) is 14. The molecule has 0 unspecified atom stereocenters. The molecular weight excluding hydrogens is 426 g/mol. The fraction of sp³-hybridized carbons (Fsp3) is 0.724. The van der Waals surface area contributed by atoms with E-state index >= 15 is 0 Å². The number of quaternary nitrogens is 1. The second-order valence-corrected chi connectivity index (χ2v) is 10.6. The van der Waals surface area contributed by atoms with Crippen LogP contribution < -0.4 is 10.8 Å². The number of carbonyl (C=O) groups excluding carboxylic acids is 1. The van der Waals surface area contributed by atoms with Gasteiger partial charge < -0.3 is 20.7 Å². The normalized spacial score (nSPS) is 11.1. The van der Waals surface area contributed by atoms with Crippen LogP contribution in [-0.2, 0) is 0 Å². The summed E-state index contributed by atoms with van der Waals surface area (Å²) in [6, 6.07) is 4.82. The molecule has 1 aromatic carbocycles. The van der Waals surface area contributed by atoms with Crippen molar-refractivity contribution < 1.29 is 25.5 Å². The first kappa shape index (κ1) is 32.1. The lowest BCUT2D eigenvalue weighted by molar-refractivity contribution is -0.368. The minimum absolute atomic E-state index is 0.0278. The molecule has 196 valence electrons. The summed E-state index contributed by atoms with van der Waals surface area (Å²) in [6.45, 7) is 8.19. The maximum atomic E-state index is 10.3. The van der Waals surface area contributed by atoms with E-state index in [1.54, 1.807) is 0 Å². The summed E-state index contributed by atoms with van der Waals surface area (Å²) in [6.07, 6.45) is 23.1. The number of carboxylic acids is 2. The maximum absolute atomic E-state index is 10.3. The summed E-state index contributed by atoms with van der Waals surface area (Å²) in [5.41, 5.74) is 4.46. The van der Waals surface area contributed by atoms with Crippen LogP contribution >= 0.6 is 0 Å². The Kier molecular flexibility index (Phi) is 19.4. The highest BCUT2D eigenvalue weighted by molar-refractivity contribution is 5.90. The van der Waals surface area contributed by atoms with Crippen LogP contribution in [0.15, 0.2) is 24.3 Å². The first-order valence-corrected chi connectivity index (χ1v) is 13.5. The Labute approximate surface area is 208 Å². The number of hydrogen-bond acceptors (Lipinski definition) is 3. The van der Waals surface area contributed by atoms with Crippen molar-refractivity contribution >= 4 is 11.9 Å². The van der Waals surface area contributed by atoms with Gasteiger partial charge in [0.2, 0.25) is 0 Å². The maximum Gasteiger partial charge on any atom is 0.335 e. The van der Waals surface area contributed by atoms with Gasteiger partial charge >= 0.3 is 5.97 Å². The Morgan fingerprint density at radius 1 is 0.676 bits per heavy atom. The van der Waals surface area contributed by atoms with Crippen molar-refractivity contribution in [1.29, 1.82) is 0 Å². The summed E-state index contributed by atoms with van der Waals surface area (Å²) in [5, 5.41) is 18.7. The van der Waals surface area contributed by atoms with Crippen LogP contribution in [0.3, 0.4) is 0 Å². The molecule has 1 rings (SSSR count). The van der Waals surface area contributed by atoms with Crippen LogP contribution in [0.1, 0.15) is 144 Å². The number of hydrogen-bond donors (Lipinski definition) is 2. The third kappa shape index (κ3) is 20.7. The summed E-state index contributed by atoms with van der Waals surface area (Å²) < 4.78 is 0. The van der Waals surface area contributed by atoms with E-state index in [-0.39, 0.29) is 11.1 Å². The molecule has 1 aromatic rings. The average molecular weight is 478 g/mol. The Balaban J connectivity index is 0.000000757. The van der Waals surface area contributed by atoms with Gasteiger partial charge in [-0.25, -0.2) is 4.79 Å². The van der Waals surface area contributed by atoms with Gasteiger partial charge in [0, 0.05) is 0 Å². The van der Waals surface area contributed by atoms with Gasteiger partial charge in [0.05, 0.1) is 18.1 Å². The fourth-order valence-electron chi connectivity index (χ4n) is 3.88. The third-order valence-corrected chi connectivity index (χ3v) is 6.04. The van der Waals surface area contributed by atoms with Gasteiger partial charge in [-0.15, -0.1) is 0 Å². The molecule has 0 saturated carbocycles. The zero-order valence-corrected chi connectivity index (χ0v) is 22.2. The molecule has 0 fully saturated rings. The van der Waals surface area contributed by atoms with Crippen molar-refractivity contribution in [3.8, 4) is 0 Å². The molecule has 0 aliphatic rings. The van der Waals surface area contributed by atoms with Crippen LogP contribution in [0.4, 0.5) is 0 Å². The molecule has 0 saturated heterocycles. The van der Waals surface area contributed by atoms with E-state index in [1.807, 2.05) is 0 Å². The van der Waals surface area contributed by atoms with Crippen LogP contribution in [0.2, 0.25) is 0 Å². The van der Waals surface area contributed by atoms with Gasteiger partial charge in [-0.2, -0.15) is 0 Å². The molecule has 0 atom stereocenters. The zero-order valence-electron chi connectivity index (χ0n) is 22.2. The topological polar surface area (TPSA) is 105 Å². The highest BCUT2D eigenvalue weighted by Crippen LogP contribution is 2.22. The third-order valence-electron chi connectivity index (χ3n) is 6.04. The first-order valence-electron chi connectivity index (χ1n) is 13.5. The molecule has 0 heterocycles. The average Bonchev–Trinajstić information content (AvgIpc) is 2.78. The molecular formula is C29H51NO4. The molecule has 0 spiro atoms. The van der Waals surface area contributed by atoms with E-state index < -0.39 is 11.9 Å². The number of carbonyl (C=O) groups is 2. The molecule has 0 aromatic heterocycles. The summed E-state index contributed by atoms with van der Waals surface area (Å²) in [4.78, 5) is 20.5. The van der Waals surface area contributed by atoms with Crippen LogP contribution in [0, 0.1) is 5.41 Å². The molecule has 0 bridgehead atoms. The lowest BCUT2D eigenvalue weighted by Crippen LogP contribution is -2.50. The number of aromatic carboxylic acids is 2. The Morgan fingerprint density at radius 3 is 1.29 bits per heavy atom. The molecule has 0 amide bonds. The molecule has 34 heavy (non-hydrogen) atoms. The second kappa shape index (κ2) is 20.5. The monoisotopic (exact) mass is 477 g/mol. The Bertz CT molecular complexity index is 602. The van der Waals surface area contributed by atoms with Gasteiger partial charge in [0.1, 0.15) is 0 Å². The van der Waals surface area contributed by atoms with E-state index in [0.29, 0.717) is 5.41 Å². The smallest absolute Gasteiger partial charge is 0.335 e. The minimum atomic E-state index is -1.31. The van der Waals surface area contributed by atoms with Gasteiger partial charge in [-0.1, -0.05) is 116 Å². The van der Waals surface area contributed by atoms with E-state index in [2.05, 4.69) is 26.5 Å². The molecule has 0 radical (unpaired) electrons. The lowest BCUT2D eigenvalue weighted by Gasteiger charge is -2.17.